The van der Waals surface area contributed by atoms with Crippen LogP contribution in [0.15, 0.2) is 52.6 Å². The van der Waals surface area contributed by atoms with Crippen LogP contribution < -0.4 is 11.0 Å². The molecule has 0 saturated heterocycles. The second-order valence-corrected chi connectivity index (χ2v) is 8.77. The first-order chi connectivity index (χ1) is 14.5. The van der Waals surface area contributed by atoms with Crippen LogP contribution in [0.4, 0.5) is 0 Å². The number of aromatic nitrogens is 2. The van der Waals surface area contributed by atoms with E-state index in [0.29, 0.717) is 11.3 Å². The lowest BCUT2D eigenvalue weighted by Crippen LogP contribution is -2.34. The minimum Gasteiger partial charge on any atom is -0.286 e. The Kier molecular flexibility index (Phi) is 5.90. The van der Waals surface area contributed by atoms with Crippen LogP contribution in [0, 0.1) is 5.92 Å². The van der Waals surface area contributed by atoms with Gasteiger partial charge in [0.15, 0.2) is 0 Å². The van der Waals surface area contributed by atoms with Crippen molar-refractivity contribution in [2.75, 3.05) is 0 Å². The van der Waals surface area contributed by atoms with E-state index in [1.54, 1.807) is 24.3 Å². The van der Waals surface area contributed by atoms with E-state index in [9.17, 15) is 9.59 Å². The lowest BCUT2D eigenvalue weighted by Gasteiger charge is -2.18. The number of thiophene rings is 1. The van der Waals surface area contributed by atoms with E-state index in [4.69, 9.17) is 0 Å². The van der Waals surface area contributed by atoms with E-state index in [1.165, 1.54) is 22.0 Å². The average Bonchev–Trinajstić information content (AvgIpc) is 3.12. The monoisotopic (exact) mass is 420 g/mol. The van der Waals surface area contributed by atoms with Crippen molar-refractivity contribution in [3.05, 3.63) is 69.1 Å². The van der Waals surface area contributed by atoms with Crippen molar-refractivity contribution in [2.24, 2.45) is 11.0 Å². The molecule has 0 radical (unpaired) electrons. The zero-order valence-corrected chi connectivity index (χ0v) is 17.9. The summed E-state index contributed by atoms with van der Waals surface area (Å²) < 4.78 is 1.40. The Morgan fingerprint density at radius 2 is 2.17 bits per heavy atom. The lowest BCUT2D eigenvalue weighted by atomic mass is 9.89. The number of fused-ring (bicyclic) bond motifs is 3. The topological polar surface area (TPSA) is 76.3 Å². The minimum atomic E-state index is -0.706. The SMILES string of the molecule is C[C@H]1CCc2c(sc3ncn([C@H](C)C(=O)NN=CC=Cc4ccccc4)c(=O)c23)C1. The molecule has 2 heterocycles. The van der Waals surface area contributed by atoms with Gasteiger partial charge in [-0.1, -0.05) is 43.3 Å². The molecule has 1 aliphatic rings. The molecule has 0 bridgehead atoms. The molecule has 1 aromatic carbocycles. The largest absolute Gasteiger partial charge is 0.286 e. The van der Waals surface area contributed by atoms with Gasteiger partial charge < -0.3 is 0 Å². The number of carbonyl (C=O) groups is 1. The van der Waals surface area contributed by atoms with Crippen molar-refractivity contribution in [1.82, 2.24) is 15.0 Å². The van der Waals surface area contributed by atoms with Gasteiger partial charge in [-0.25, -0.2) is 10.4 Å². The summed E-state index contributed by atoms with van der Waals surface area (Å²) in [5.74, 6) is 0.270. The van der Waals surface area contributed by atoms with Crippen LogP contribution in [0.3, 0.4) is 0 Å². The highest BCUT2D eigenvalue weighted by molar-refractivity contribution is 7.18. The summed E-state index contributed by atoms with van der Waals surface area (Å²) in [5.41, 5.74) is 4.51. The Balaban J connectivity index is 1.48. The standard InChI is InChI=1S/C23H24N4O2S/c1-15-10-11-18-19(13-15)30-22-20(18)23(29)27(14-24-22)16(2)21(28)26-25-12-6-9-17-7-4-3-5-8-17/h3-9,12,14-16H,10-11,13H2,1-2H3,(H,26,28)/t15-,16+/m0/s1. The predicted molar refractivity (Wildman–Crippen MR) is 122 cm³/mol. The first-order valence-electron chi connectivity index (χ1n) is 10.1. The second kappa shape index (κ2) is 8.75. The van der Waals surface area contributed by atoms with Crippen LogP contribution in [0.25, 0.3) is 16.3 Å². The second-order valence-electron chi connectivity index (χ2n) is 7.69. The molecular formula is C23H24N4O2S. The third-order valence-corrected chi connectivity index (χ3v) is 6.62. The third kappa shape index (κ3) is 4.11. The number of allylic oxidation sites excluding steroid dienone is 1. The number of hydrazone groups is 1. The van der Waals surface area contributed by atoms with Gasteiger partial charge in [-0.15, -0.1) is 11.3 Å². The van der Waals surface area contributed by atoms with Crippen molar-refractivity contribution in [3.8, 4) is 0 Å². The fourth-order valence-corrected chi connectivity index (χ4v) is 5.04. The molecule has 1 aliphatic carbocycles. The Hall–Kier alpha value is -3.06. The normalized spacial score (nSPS) is 17.5. The average molecular weight is 421 g/mol. The Morgan fingerprint density at radius 1 is 1.37 bits per heavy atom. The zero-order chi connectivity index (χ0) is 21.1. The molecule has 1 amide bonds. The molecule has 7 heteroatoms. The number of hydrogen-bond acceptors (Lipinski definition) is 5. The maximum Gasteiger partial charge on any atom is 0.263 e. The van der Waals surface area contributed by atoms with Crippen LogP contribution >= 0.6 is 11.3 Å². The van der Waals surface area contributed by atoms with Crippen LogP contribution in [0.1, 0.15) is 42.3 Å². The summed E-state index contributed by atoms with van der Waals surface area (Å²) in [7, 11) is 0. The Morgan fingerprint density at radius 3 is 2.97 bits per heavy atom. The van der Waals surface area contributed by atoms with Gasteiger partial charge in [0.1, 0.15) is 10.9 Å². The van der Waals surface area contributed by atoms with Crippen molar-refractivity contribution in [2.45, 2.75) is 39.2 Å². The number of amides is 1. The number of carbonyl (C=O) groups excluding carboxylic acids is 1. The third-order valence-electron chi connectivity index (χ3n) is 5.46. The highest BCUT2D eigenvalue weighted by Gasteiger charge is 2.25. The first kappa shape index (κ1) is 20.2. The van der Waals surface area contributed by atoms with Gasteiger partial charge in [0.05, 0.1) is 11.7 Å². The van der Waals surface area contributed by atoms with Gasteiger partial charge in [-0.3, -0.25) is 14.2 Å². The number of rotatable bonds is 5. The maximum atomic E-state index is 13.1. The number of benzene rings is 1. The Bertz CT molecular complexity index is 1180. The lowest BCUT2D eigenvalue weighted by molar-refractivity contribution is -0.123. The summed E-state index contributed by atoms with van der Waals surface area (Å²) in [6, 6.07) is 9.10. The molecular weight excluding hydrogens is 396 g/mol. The predicted octanol–water partition coefficient (Wildman–Crippen LogP) is 3.96. The highest BCUT2D eigenvalue weighted by atomic mass is 32.1. The molecule has 6 nitrogen and oxygen atoms in total. The van der Waals surface area contributed by atoms with Crippen LogP contribution in [0.2, 0.25) is 0 Å². The van der Waals surface area contributed by atoms with E-state index < -0.39 is 6.04 Å². The molecule has 30 heavy (non-hydrogen) atoms. The van der Waals surface area contributed by atoms with E-state index in [-0.39, 0.29) is 11.5 Å². The van der Waals surface area contributed by atoms with E-state index in [2.05, 4.69) is 22.4 Å². The van der Waals surface area contributed by atoms with Gasteiger partial charge in [0.2, 0.25) is 0 Å². The van der Waals surface area contributed by atoms with Gasteiger partial charge >= 0.3 is 0 Å². The molecule has 0 saturated carbocycles. The molecule has 2 aromatic heterocycles. The van der Waals surface area contributed by atoms with Crippen molar-refractivity contribution in [1.29, 1.82) is 0 Å². The van der Waals surface area contributed by atoms with Crippen molar-refractivity contribution in [3.63, 3.8) is 0 Å². The van der Waals surface area contributed by atoms with Crippen molar-refractivity contribution < 1.29 is 4.79 Å². The number of aryl methyl sites for hydroxylation is 1. The summed E-state index contributed by atoms with van der Waals surface area (Å²) in [6.07, 6.45) is 9.60. The minimum absolute atomic E-state index is 0.150. The number of nitrogens with zero attached hydrogens (tertiary/aromatic N) is 3. The molecule has 0 spiro atoms. The zero-order valence-electron chi connectivity index (χ0n) is 17.0. The smallest absolute Gasteiger partial charge is 0.263 e. The molecule has 0 aliphatic heterocycles. The molecule has 4 rings (SSSR count). The summed E-state index contributed by atoms with van der Waals surface area (Å²) in [5, 5.41) is 4.63. The maximum absolute atomic E-state index is 13.1. The quantitative estimate of drug-likeness (QED) is 0.501. The molecule has 154 valence electrons. The van der Waals surface area contributed by atoms with Crippen molar-refractivity contribution >= 4 is 39.8 Å². The van der Waals surface area contributed by atoms with E-state index in [1.807, 2.05) is 36.4 Å². The van der Waals surface area contributed by atoms with E-state index >= 15 is 0 Å². The molecule has 0 unspecified atom stereocenters. The molecule has 0 fully saturated rings. The van der Waals surface area contributed by atoms with Crippen LogP contribution in [-0.4, -0.2) is 21.7 Å². The highest BCUT2D eigenvalue weighted by Crippen LogP contribution is 2.35. The summed E-state index contributed by atoms with van der Waals surface area (Å²) in [4.78, 5) is 32.1. The Labute approximate surface area is 179 Å². The number of nitrogens with one attached hydrogen (secondary N) is 1. The number of hydrogen-bond donors (Lipinski definition) is 1. The fourth-order valence-electron chi connectivity index (χ4n) is 3.70. The van der Waals surface area contributed by atoms with Crippen LogP contribution in [0.5, 0.6) is 0 Å². The van der Waals surface area contributed by atoms with E-state index in [0.717, 1.165) is 35.2 Å². The van der Waals surface area contributed by atoms with Gasteiger partial charge in [-0.05, 0) is 49.3 Å². The van der Waals surface area contributed by atoms with Gasteiger partial charge in [0, 0.05) is 11.1 Å². The van der Waals surface area contributed by atoms with Gasteiger partial charge in [0.25, 0.3) is 11.5 Å². The summed E-state index contributed by atoms with van der Waals surface area (Å²) in [6.45, 7) is 3.92. The van der Waals surface area contributed by atoms with Crippen LogP contribution in [-0.2, 0) is 17.6 Å². The summed E-state index contributed by atoms with van der Waals surface area (Å²) >= 11 is 1.61. The molecule has 3 aromatic rings. The molecule has 1 N–H and O–H groups in total. The van der Waals surface area contributed by atoms with Gasteiger partial charge in [-0.2, -0.15) is 5.10 Å². The molecule has 2 atom stereocenters. The fraction of sp³-hybridized carbons (Fsp3) is 0.304. The first-order valence-corrected chi connectivity index (χ1v) is 10.9.